The smallest absolute Gasteiger partial charge is 0.382 e. The fraction of sp³-hybridized carbons (Fsp3) is 0.538. The van der Waals surface area contributed by atoms with Gasteiger partial charge in [-0.3, -0.25) is 0 Å². The SMILES string of the molecule is Cl.N[C@@H](c1ccc(N2CCCC2)cc1)[C@H](O)C(F)(F)F. The molecule has 1 heterocycles. The van der Waals surface area contributed by atoms with Gasteiger partial charge in [-0.15, -0.1) is 12.4 Å². The molecule has 114 valence electrons. The van der Waals surface area contributed by atoms with Gasteiger partial charge in [-0.05, 0) is 30.5 Å². The second-order valence-corrected chi connectivity index (χ2v) is 4.80. The number of benzene rings is 1. The zero-order chi connectivity index (χ0) is 14.0. The van der Waals surface area contributed by atoms with Crippen molar-refractivity contribution in [1.29, 1.82) is 0 Å². The van der Waals surface area contributed by atoms with Crippen LogP contribution in [0.1, 0.15) is 24.4 Å². The highest BCUT2D eigenvalue weighted by atomic mass is 35.5. The minimum absolute atomic E-state index is 0. The normalized spacial score (nSPS) is 18.6. The van der Waals surface area contributed by atoms with Gasteiger partial charge in [0.1, 0.15) is 0 Å². The van der Waals surface area contributed by atoms with E-state index in [1.165, 1.54) is 0 Å². The monoisotopic (exact) mass is 310 g/mol. The van der Waals surface area contributed by atoms with Gasteiger partial charge in [-0.2, -0.15) is 13.2 Å². The molecule has 0 spiro atoms. The van der Waals surface area contributed by atoms with Crippen LogP contribution in [0.25, 0.3) is 0 Å². The minimum Gasteiger partial charge on any atom is -0.382 e. The molecule has 1 aliphatic rings. The highest BCUT2D eigenvalue weighted by molar-refractivity contribution is 5.85. The van der Waals surface area contributed by atoms with Crippen molar-refractivity contribution < 1.29 is 18.3 Å². The lowest BCUT2D eigenvalue weighted by Crippen LogP contribution is -2.38. The Kier molecular flexibility index (Phi) is 5.68. The average Bonchev–Trinajstić information content (AvgIpc) is 2.90. The van der Waals surface area contributed by atoms with Crippen molar-refractivity contribution in [2.24, 2.45) is 5.73 Å². The summed E-state index contributed by atoms with van der Waals surface area (Å²) in [6, 6.07) is 5.15. The molecule has 2 rings (SSSR count). The average molecular weight is 311 g/mol. The predicted molar refractivity (Wildman–Crippen MR) is 74.1 cm³/mol. The minimum atomic E-state index is -4.70. The maximum absolute atomic E-state index is 12.4. The molecule has 0 aliphatic carbocycles. The van der Waals surface area contributed by atoms with Crippen LogP contribution in [0.2, 0.25) is 0 Å². The molecule has 1 fully saturated rings. The van der Waals surface area contributed by atoms with Gasteiger partial charge in [0.05, 0.1) is 6.04 Å². The van der Waals surface area contributed by atoms with Gasteiger partial charge in [0, 0.05) is 18.8 Å². The standard InChI is InChI=1S/C13H17F3N2O.ClH/c14-13(15,16)12(19)11(17)9-3-5-10(6-4-9)18-7-1-2-8-18;/h3-6,11-12,19H,1-2,7-8,17H2;1H/t11-,12-;/m0./s1. The van der Waals surface area contributed by atoms with E-state index in [1.807, 2.05) is 0 Å². The number of nitrogens with zero attached hydrogens (tertiary/aromatic N) is 1. The van der Waals surface area contributed by atoms with Crippen molar-refractivity contribution in [2.45, 2.75) is 31.2 Å². The van der Waals surface area contributed by atoms with Gasteiger partial charge in [-0.25, -0.2) is 0 Å². The Hall–Kier alpha value is -0.980. The third-order valence-corrected chi connectivity index (χ3v) is 3.42. The van der Waals surface area contributed by atoms with Crippen molar-refractivity contribution in [2.75, 3.05) is 18.0 Å². The number of aliphatic hydroxyl groups is 1. The Morgan fingerprint density at radius 2 is 1.60 bits per heavy atom. The van der Waals surface area contributed by atoms with Gasteiger partial charge in [0.25, 0.3) is 0 Å². The summed E-state index contributed by atoms with van der Waals surface area (Å²) in [6.07, 6.45) is -4.97. The maximum atomic E-state index is 12.4. The highest BCUT2D eigenvalue weighted by Crippen LogP contribution is 2.30. The molecular weight excluding hydrogens is 293 g/mol. The van der Waals surface area contributed by atoms with E-state index in [1.54, 1.807) is 24.3 Å². The maximum Gasteiger partial charge on any atom is 0.416 e. The quantitative estimate of drug-likeness (QED) is 0.902. The summed E-state index contributed by atoms with van der Waals surface area (Å²) in [4.78, 5) is 2.18. The summed E-state index contributed by atoms with van der Waals surface area (Å²) in [6.45, 7) is 1.94. The molecule has 3 nitrogen and oxygen atoms in total. The summed E-state index contributed by atoms with van der Waals surface area (Å²) in [7, 11) is 0. The Balaban J connectivity index is 0.00000200. The third-order valence-electron chi connectivity index (χ3n) is 3.42. The van der Waals surface area contributed by atoms with E-state index in [0.717, 1.165) is 31.6 Å². The highest BCUT2D eigenvalue weighted by Gasteiger charge is 2.42. The molecule has 0 aromatic heterocycles. The molecule has 0 bridgehead atoms. The van der Waals surface area contributed by atoms with E-state index in [4.69, 9.17) is 10.8 Å². The van der Waals surface area contributed by atoms with Crippen molar-refractivity contribution in [1.82, 2.24) is 0 Å². The lowest BCUT2D eigenvalue weighted by molar-refractivity contribution is -0.210. The molecule has 1 aliphatic heterocycles. The Morgan fingerprint density at radius 3 is 2.05 bits per heavy atom. The fourth-order valence-corrected chi connectivity index (χ4v) is 2.27. The van der Waals surface area contributed by atoms with Crippen LogP contribution in [0.4, 0.5) is 18.9 Å². The van der Waals surface area contributed by atoms with Gasteiger partial charge in [0.15, 0.2) is 6.10 Å². The summed E-state index contributed by atoms with van der Waals surface area (Å²) in [5, 5.41) is 9.13. The van der Waals surface area contributed by atoms with Gasteiger partial charge in [0.2, 0.25) is 0 Å². The molecule has 0 saturated carbocycles. The van der Waals surface area contributed by atoms with Crippen molar-refractivity contribution in [3.05, 3.63) is 29.8 Å². The molecule has 0 amide bonds. The van der Waals surface area contributed by atoms with E-state index in [9.17, 15) is 13.2 Å². The number of alkyl halides is 3. The summed E-state index contributed by atoms with van der Waals surface area (Å²) < 4.78 is 37.1. The predicted octanol–water partition coefficient (Wildman–Crippen LogP) is 2.63. The molecule has 7 heteroatoms. The number of rotatable bonds is 3. The van der Waals surface area contributed by atoms with E-state index in [0.29, 0.717) is 0 Å². The van der Waals surface area contributed by atoms with Crippen molar-refractivity contribution in [3.63, 3.8) is 0 Å². The van der Waals surface area contributed by atoms with Crippen molar-refractivity contribution in [3.8, 4) is 0 Å². The van der Waals surface area contributed by atoms with Gasteiger partial charge in [-0.1, -0.05) is 12.1 Å². The number of anilines is 1. The molecule has 0 radical (unpaired) electrons. The molecule has 0 unspecified atom stereocenters. The van der Waals surface area contributed by atoms with Crippen LogP contribution < -0.4 is 10.6 Å². The third kappa shape index (κ3) is 3.77. The molecule has 20 heavy (non-hydrogen) atoms. The fourth-order valence-electron chi connectivity index (χ4n) is 2.27. The molecule has 3 N–H and O–H groups in total. The van der Waals surface area contributed by atoms with E-state index >= 15 is 0 Å². The van der Waals surface area contributed by atoms with Crippen LogP contribution in [0, 0.1) is 0 Å². The number of hydrogen-bond acceptors (Lipinski definition) is 3. The van der Waals surface area contributed by atoms with E-state index in [-0.39, 0.29) is 18.0 Å². The first kappa shape index (κ1) is 17.1. The first-order valence-electron chi connectivity index (χ1n) is 6.25. The lowest BCUT2D eigenvalue weighted by Gasteiger charge is -2.23. The largest absolute Gasteiger partial charge is 0.416 e. The number of halogens is 4. The number of nitrogens with two attached hydrogens (primary N) is 1. The van der Waals surface area contributed by atoms with Crippen LogP contribution >= 0.6 is 12.4 Å². The van der Waals surface area contributed by atoms with Crippen LogP contribution in [-0.2, 0) is 0 Å². The molecule has 1 aromatic rings. The zero-order valence-electron chi connectivity index (χ0n) is 10.8. The molecule has 1 saturated heterocycles. The zero-order valence-corrected chi connectivity index (χ0v) is 11.6. The summed E-state index contributed by atoms with van der Waals surface area (Å²) >= 11 is 0. The molecule has 1 aromatic carbocycles. The first-order valence-corrected chi connectivity index (χ1v) is 6.25. The molecular formula is C13H18ClF3N2O. The Morgan fingerprint density at radius 1 is 1.10 bits per heavy atom. The lowest BCUT2D eigenvalue weighted by atomic mass is 10.0. The van der Waals surface area contributed by atoms with Gasteiger partial charge < -0.3 is 15.7 Å². The number of aliphatic hydroxyl groups excluding tert-OH is 1. The van der Waals surface area contributed by atoms with E-state index in [2.05, 4.69) is 4.90 Å². The van der Waals surface area contributed by atoms with Crippen LogP contribution in [0.5, 0.6) is 0 Å². The Labute approximate surface area is 122 Å². The van der Waals surface area contributed by atoms with Crippen LogP contribution in [-0.4, -0.2) is 30.5 Å². The number of hydrogen-bond donors (Lipinski definition) is 2. The second-order valence-electron chi connectivity index (χ2n) is 4.80. The van der Waals surface area contributed by atoms with Crippen LogP contribution in [0.3, 0.4) is 0 Å². The van der Waals surface area contributed by atoms with Crippen LogP contribution in [0.15, 0.2) is 24.3 Å². The van der Waals surface area contributed by atoms with Crippen molar-refractivity contribution >= 4 is 18.1 Å². The van der Waals surface area contributed by atoms with E-state index < -0.39 is 18.3 Å². The van der Waals surface area contributed by atoms with Gasteiger partial charge >= 0.3 is 6.18 Å². The first-order chi connectivity index (χ1) is 8.89. The summed E-state index contributed by atoms with van der Waals surface area (Å²) in [5.74, 6) is 0. The summed E-state index contributed by atoms with van der Waals surface area (Å²) in [5.41, 5.74) is 6.71. The second kappa shape index (κ2) is 6.65. The molecule has 2 atom stereocenters. The topological polar surface area (TPSA) is 49.5 Å². The Bertz CT molecular complexity index is 419.